The van der Waals surface area contributed by atoms with Crippen LogP contribution in [0.1, 0.15) is 32.1 Å². The number of nitrogens with one attached hydrogen (secondary N) is 2. The maximum absolute atomic E-state index is 13.0. The first kappa shape index (κ1) is 23.6. The molecule has 0 saturated heterocycles. The zero-order valence-electron chi connectivity index (χ0n) is 20.1. The maximum Gasteiger partial charge on any atom is 0.255 e. The molecule has 0 aliphatic heterocycles. The van der Waals surface area contributed by atoms with Crippen molar-refractivity contribution < 1.29 is 19.1 Å². The predicted octanol–water partition coefficient (Wildman–Crippen LogP) is 5.62. The van der Waals surface area contributed by atoms with Crippen LogP contribution < -0.4 is 20.1 Å². The molecule has 0 radical (unpaired) electrons. The Balaban J connectivity index is 1.55. The number of methoxy groups -OCH3 is 2. The first-order chi connectivity index (χ1) is 16.9. The summed E-state index contributed by atoms with van der Waals surface area (Å²) in [6.07, 6.45) is 0. The van der Waals surface area contributed by atoms with Gasteiger partial charge in [0, 0.05) is 40.3 Å². The van der Waals surface area contributed by atoms with E-state index >= 15 is 0 Å². The number of hydrogen-bond donors (Lipinski definition) is 2. The minimum atomic E-state index is -0.293. The standard InChI is InChI=1S/C28H27N3O4/c1-18-10-11-19(2)31(18)22-14-12-21(13-15-22)28(33)30-24-17-25(34-3)23(16-26(24)35-4)29-27(32)20-8-6-5-7-9-20/h5-17H,1-4H3,(H,29,32)(H,30,33). The number of carbonyl (C=O) groups is 2. The number of aryl methyl sites for hydroxylation is 2. The third-order valence-corrected chi connectivity index (χ3v) is 5.71. The molecule has 0 fully saturated rings. The molecule has 2 amide bonds. The summed E-state index contributed by atoms with van der Waals surface area (Å²) in [7, 11) is 2.99. The summed E-state index contributed by atoms with van der Waals surface area (Å²) in [5.74, 6) is 0.201. The first-order valence-corrected chi connectivity index (χ1v) is 11.1. The van der Waals surface area contributed by atoms with Gasteiger partial charge in [-0.25, -0.2) is 0 Å². The molecule has 4 aromatic rings. The molecule has 0 atom stereocenters. The Hall–Kier alpha value is -4.52. The van der Waals surface area contributed by atoms with Crippen molar-refractivity contribution in [2.24, 2.45) is 0 Å². The Bertz CT molecular complexity index is 1340. The highest BCUT2D eigenvalue weighted by atomic mass is 16.5. The number of ether oxygens (including phenoxy) is 2. The zero-order valence-corrected chi connectivity index (χ0v) is 20.1. The quantitative estimate of drug-likeness (QED) is 0.368. The monoisotopic (exact) mass is 469 g/mol. The number of anilines is 2. The first-order valence-electron chi connectivity index (χ1n) is 11.1. The van der Waals surface area contributed by atoms with Crippen molar-refractivity contribution >= 4 is 23.2 Å². The van der Waals surface area contributed by atoms with E-state index in [-0.39, 0.29) is 11.8 Å². The van der Waals surface area contributed by atoms with Gasteiger partial charge in [0.1, 0.15) is 11.5 Å². The van der Waals surface area contributed by atoms with Crippen LogP contribution in [0.25, 0.3) is 5.69 Å². The van der Waals surface area contributed by atoms with E-state index in [4.69, 9.17) is 9.47 Å². The molecule has 0 unspecified atom stereocenters. The molecule has 178 valence electrons. The third kappa shape index (κ3) is 5.04. The lowest BCUT2D eigenvalue weighted by Crippen LogP contribution is -2.15. The van der Waals surface area contributed by atoms with Crippen molar-refractivity contribution in [3.05, 3.63) is 101 Å². The van der Waals surface area contributed by atoms with Crippen molar-refractivity contribution in [2.75, 3.05) is 24.9 Å². The highest BCUT2D eigenvalue weighted by Crippen LogP contribution is 2.37. The zero-order chi connectivity index (χ0) is 24.9. The summed E-state index contributed by atoms with van der Waals surface area (Å²) < 4.78 is 13.1. The van der Waals surface area contributed by atoms with Crippen LogP contribution >= 0.6 is 0 Å². The van der Waals surface area contributed by atoms with E-state index in [9.17, 15) is 9.59 Å². The van der Waals surface area contributed by atoms with Crippen LogP contribution in [0.3, 0.4) is 0 Å². The van der Waals surface area contributed by atoms with Gasteiger partial charge in [0.15, 0.2) is 0 Å². The SMILES string of the molecule is COc1cc(NC(=O)c2ccc(-n3c(C)ccc3C)cc2)c(OC)cc1NC(=O)c1ccccc1. The number of aromatic nitrogens is 1. The summed E-state index contributed by atoms with van der Waals surface area (Å²) in [5.41, 5.74) is 5.09. The molecule has 7 heteroatoms. The average molecular weight is 470 g/mol. The Kier molecular flexibility index (Phi) is 6.87. The third-order valence-electron chi connectivity index (χ3n) is 5.71. The lowest BCUT2D eigenvalue weighted by molar-refractivity contribution is 0.101. The van der Waals surface area contributed by atoms with Crippen LogP contribution in [0.4, 0.5) is 11.4 Å². The normalized spacial score (nSPS) is 10.5. The van der Waals surface area contributed by atoms with Gasteiger partial charge in [0.05, 0.1) is 25.6 Å². The smallest absolute Gasteiger partial charge is 0.255 e. The van der Waals surface area contributed by atoms with Crippen LogP contribution in [0.15, 0.2) is 78.9 Å². The Morgan fingerprint density at radius 1 is 0.657 bits per heavy atom. The van der Waals surface area contributed by atoms with Crippen LogP contribution in [-0.2, 0) is 0 Å². The molecule has 1 heterocycles. The van der Waals surface area contributed by atoms with Gasteiger partial charge in [0.25, 0.3) is 11.8 Å². The van der Waals surface area contributed by atoms with E-state index in [1.807, 2.05) is 32.0 Å². The largest absolute Gasteiger partial charge is 0.494 e. The molecule has 0 spiro atoms. The minimum Gasteiger partial charge on any atom is -0.494 e. The van der Waals surface area contributed by atoms with Gasteiger partial charge in [-0.3, -0.25) is 9.59 Å². The molecule has 0 aliphatic carbocycles. The predicted molar refractivity (Wildman–Crippen MR) is 137 cm³/mol. The van der Waals surface area contributed by atoms with Gasteiger partial charge in [-0.2, -0.15) is 0 Å². The fraction of sp³-hybridized carbons (Fsp3) is 0.143. The minimum absolute atomic E-state index is 0.281. The van der Waals surface area contributed by atoms with Crippen molar-refractivity contribution in [2.45, 2.75) is 13.8 Å². The molecular weight excluding hydrogens is 442 g/mol. The second kappa shape index (κ2) is 10.2. The van der Waals surface area contributed by atoms with Crippen molar-refractivity contribution in [1.29, 1.82) is 0 Å². The van der Waals surface area contributed by atoms with Gasteiger partial charge in [-0.05, 0) is 62.4 Å². The van der Waals surface area contributed by atoms with Crippen LogP contribution in [0.2, 0.25) is 0 Å². The van der Waals surface area contributed by atoms with Crippen LogP contribution in [0, 0.1) is 13.8 Å². The molecular formula is C28H27N3O4. The second-order valence-corrected chi connectivity index (χ2v) is 8.03. The number of carbonyl (C=O) groups excluding carboxylic acids is 2. The fourth-order valence-corrected chi connectivity index (χ4v) is 3.91. The van der Waals surface area contributed by atoms with E-state index in [1.165, 1.54) is 14.2 Å². The Morgan fingerprint density at radius 2 is 1.11 bits per heavy atom. The summed E-state index contributed by atoms with van der Waals surface area (Å²) >= 11 is 0. The number of nitrogens with zero attached hydrogens (tertiary/aromatic N) is 1. The molecule has 0 saturated carbocycles. The van der Waals surface area contributed by atoms with Crippen LogP contribution in [0.5, 0.6) is 11.5 Å². The van der Waals surface area contributed by atoms with Gasteiger partial charge < -0.3 is 24.7 Å². The van der Waals surface area contributed by atoms with E-state index in [2.05, 4.69) is 27.3 Å². The summed E-state index contributed by atoms with van der Waals surface area (Å²) in [4.78, 5) is 25.6. The Labute approximate surface area is 204 Å². The molecule has 0 aliphatic rings. The summed E-state index contributed by atoms with van der Waals surface area (Å²) in [5, 5.41) is 5.71. The van der Waals surface area contributed by atoms with E-state index < -0.39 is 0 Å². The number of rotatable bonds is 7. The van der Waals surface area contributed by atoms with E-state index in [0.29, 0.717) is 34.0 Å². The molecule has 2 N–H and O–H groups in total. The average Bonchev–Trinajstić information content (AvgIpc) is 3.22. The highest BCUT2D eigenvalue weighted by Gasteiger charge is 2.17. The molecule has 35 heavy (non-hydrogen) atoms. The lowest BCUT2D eigenvalue weighted by atomic mass is 10.1. The number of benzene rings is 3. The van der Waals surface area contributed by atoms with Gasteiger partial charge in [-0.1, -0.05) is 18.2 Å². The highest BCUT2D eigenvalue weighted by molar-refractivity contribution is 6.07. The lowest BCUT2D eigenvalue weighted by Gasteiger charge is -2.16. The maximum atomic E-state index is 13.0. The van der Waals surface area contributed by atoms with Gasteiger partial charge >= 0.3 is 0 Å². The second-order valence-electron chi connectivity index (χ2n) is 8.03. The molecule has 0 bridgehead atoms. The molecule has 1 aromatic heterocycles. The fourth-order valence-electron chi connectivity index (χ4n) is 3.91. The number of amides is 2. The summed E-state index contributed by atoms with van der Waals surface area (Å²) in [6.45, 7) is 4.08. The van der Waals surface area contributed by atoms with Crippen molar-refractivity contribution in [3.8, 4) is 17.2 Å². The van der Waals surface area contributed by atoms with E-state index in [0.717, 1.165) is 17.1 Å². The van der Waals surface area contributed by atoms with Gasteiger partial charge in [-0.15, -0.1) is 0 Å². The summed E-state index contributed by atoms with van der Waals surface area (Å²) in [6, 6.07) is 23.6. The topological polar surface area (TPSA) is 81.6 Å². The van der Waals surface area contributed by atoms with Crippen molar-refractivity contribution in [1.82, 2.24) is 4.57 Å². The van der Waals surface area contributed by atoms with Crippen LogP contribution in [-0.4, -0.2) is 30.6 Å². The molecule has 3 aromatic carbocycles. The van der Waals surface area contributed by atoms with Gasteiger partial charge in [0.2, 0.25) is 0 Å². The van der Waals surface area contributed by atoms with E-state index in [1.54, 1.807) is 48.5 Å². The molecule has 7 nitrogen and oxygen atoms in total. The molecule has 4 rings (SSSR count). The number of hydrogen-bond acceptors (Lipinski definition) is 4. The van der Waals surface area contributed by atoms with Crippen molar-refractivity contribution in [3.63, 3.8) is 0 Å². The Morgan fingerprint density at radius 3 is 1.57 bits per heavy atom.